The fourth-order valence-corrected chi connectivity index (χ4v) is 1.75. The summed E-state index contributed by atoms with van der Waals surface area (Å²) >= 11 is 0. The molecule has 2 nitrogen and oxygen atoms in total. The molecule has 0 saturated heterocycles. The number of benzene rings is 2. The first kappa shape index (κ1) is 14.2. The second kappa shape index (κ2) is 6.28. The molecule has 0 aliphatic carbocycles. The third-order valence-electron chi connectivity index (χ3n) is 2.78. The molecular weight excluding hydrogens is 262 g/mol. The number of hydrogen-bond acceptors (Lipinski definition) is 2. The highest BCUT2D eigenvalue weighted by atomic mass is 19.3. The Kier molecular flexibility index (Phi) is 4.45. The summed E-state index contributed by atoms with van der Waals surface area (Å²) < 4.78 is 32.1. The fourth-order valence-electron chi connectivity index (χ4n) is 1.75. The van der Waals surface area contributed by atoms with Crippen molar-refractivity contribution in [3.8, 4) is 0 Å². The molecule has 20 heavy (non-hydrogen) atoms. The standard InChI is InChI=1S/C16H14F2O2/c17-16(18,11-13-7-3-1-4-8-13)15(19)20-12-14-9-5-2-6-10-14/h1-10H,11-12H2. The Bertz CT molecular complexity index is 553. The molecule has 0 radical (unpaired) electrons. The van der Waals surface area contributed by atoms with Crippen LogP contribution in [0.5, 0.6) is 0 Å². The Labute approximate surface area is 116 Å². The van der Waals surface area contributed by atoms with Crippen LogP contribution in [0.2, 0.25) is 0 Å². The van der Waals surface area contributed by atoms with E-state index in [1.54, 1.807) is 60.7 Å². The predicted octanol–water partition coefficient (Wildman–Crippen LogP) is 3.61. The van der Waals surface area contributed by atoms with Gasteiger partial charge >= 0.3 is 11.9 Å². The van der Waals surface area contributed by atoms with Crippen LogP contribution in [0.4, 0.5) is 8.78 Å². The van der Waals surface area contributed by atoms with Crippen LogP contribution in [-0.4, -0.2) is 11.9 Å². The number of rotatable bonds is 5. The summed E-state index contributed by atoms with van der Waals surface area (Å²) in [5.41, 5.74) is 1.07. The van der Waals surface area contributed by atoms with Crippen LogP contribution in [0.1, 0.15) is 11.1 Å². The van der Waals surface area contributed by atoms with Gasteiger partial charge in [0.25, 0.3) is 0 Å². The largest absolute Gasteiger partial charge is 0.456 e. The van der Waals surface area contributed by atoms with Crippen LogP contribution >= 0.6 is 0 Å². The van der Waals surface area contributed by atoms with Gasteiger partial charge in [0.05, 0.1) is 0 Å². The Morgan fingerprint density at radius 2 is 1.40 bits per heavy atom. The molecule has 0 aromatic heterocycles. The van der Waals surface area contributed by atoms with E-state index >= 15 is 0 Å². The van der Waals surface area contributed by atoms with Crippen LogP contribution in [-0.2, 0) is 22.6 Å². The smallest absolute Gasteiger partial charge is 0.377 e. The van der Waals surface area contributed by atoms with Crippen molar-refractivity contribution in [2.75, 3.05) is 0 Å². The first-order chi connectivity index (χ1) is 9.58. The van der Waals surface area contributed by atoms with Gasteiger partial charge < -0.3 is 4.74 Å². The summed E-state index contributed by atoms with van der Waals surface area (Å²) in [7, 11) is 0. The summed E-state index contributed by atoms with van der Waals surface area (Å²) in [5.74, 6) is -5.01. The van der Waals surface area contributed by atoms with Gasteiger partial charge in [-0.2, -0.15) is 8.78 Å². The van der Waals surface area contributed by atoms with Gasteiger partial charge in [0.15, 0.2) is 0 Å². The number of halogens is 2. The van der Waals surface area contributed by atoms with Crippen LogP contribution in [0.15, 0.2) is 60.7 Å². The van der Waals surface area contributed by atoms with E-state index in [1.807, 2.05) is 0 Å². The van der Waals surface area contributed by atoms with Gasteiger partial charge in [-0.25, -0.2) is 4.79 Å². The van der Waals surface area contributed by atoms with Crippen LogP contribution in [0.3, 0.4) is 0 Å². The number of carbonyl (C=O) groups excluding carboxylic acids is 1. The summed E-state index contributed by atoms with van der Waals surface area (Å²) in [4.78, 5) is 11.5. The Morgan fingerprint density at radius 1 is 0.900 bits per heavy atom. The molecule has 0 aliphatic rings. The monoisotopic (exact) mass is 276 g/mol. The molecule has 0 atom stereocenters. The molecule has 2 rings (SSSR count). The molecule has 104 valence electrons. The van der Waals surface area contributed by atoms with Gasteiger partial charge in [-0.1, -0.05) is 60.7 Å². The number of esters is 1. The number of hydrogen-bond donors (Lipinski definition) is 0. The van der Waals surface area contributed by atoms with Gasteiger partial charge in [0, 0.05) is 6.42 Å². The van der Waals surface area contributed by atoms with E-state index in [4.69, 9.17) is 0 Å². The lowest BCUT2D eigenvalue weighted by molar-refractivity contribution is -0.173. The Balaban J connectivity index is 1.93. The van der Waals surface area contributed by atoms with Crippen molar-refractivity contribution in [1.29, 1.82) is 0 Å². The Morgan fingerprint density at radius 3 is 1.95 bits per heavy atom. The lowest BCUT2D eigenvalue weighted by atomic mass is 10.1. The minimum Gasteiger partial charge on any atom is -0.456 e. The van der Waals surface area contributed by atoms with E-state index in [1.165, 1.54) is 0 Å². The number of ether oxygens (including phenoxy) is 1. The van der Waals surface area contributed by atoms with Gasteiger partial charge in [0.2, 0.25) is 0 Å². The average molecular weight is 276 g/mol. The predicted molar refractivity (Wildman–Crippen MR) is 71.3 cm³/mol. The minimum absolute atomic E-state index is 0.149. The zero-order chi connectivity index (χ0) is 14.4. The van der Waals surface area contributed by atoms with Crippen molar-refractivity contribution in [2.45, 2.75) is 19.0 Å². The Hall–Kier alpha value is -2.23. The van der Waals surface area contributed by atoms with Gasteiger partial charge in [-0.3, -0.25) is 0 Å². The number of carbonyl (C=O) groups is 1. The van der Waals surface area contributed by atoms with E-state index in [9.17, 15) is 13.6 Å². The minimum atomic E-state index is -3.52. The highest BCUT2D eigenvalue weighted by Gasteiger charge is 2.40. The van der Waals surface area contributed by atoms with Gasteiger partial charge in [-0.05, 0) is 11.1 Å². The molecular formula is C16H14F2O2. The maximum atomic E-state index is 13.7. The third-order valence-corrected chi connectivity index (χ3v) is 2.78. The molecule has 0 fully saturated rings. The van der Waals surface area contributed by atoms with Gasteiger partial charge in [-0.15, -0.1) is 0 Å². The zero-order valence-corrected chi connectivity index (χ0v) is 10.8. The molecule has 2 aromatic rings. The van der Waals surface area contributed by atoms with Crippen molar-refractivity contribution >= 4 is 5.97 Å². The normalized spacial score (nSPS) is 11.1. The summed E-state index contributed by atoms with van der Waals surface area (Å²) in [6.45, 7) is -0.149. The highest BCUT2D eigenvalue weighted by Crippen LogP contribution is 2.22. The van der Waals surface area contributed by atoms with E-state index in [0.29, 0.717) is 11.1 Å². The first-order valence-corrected chi connectivity index (χ1v) is 6.21. The third kappa shape index (κ3) is 3.88. The van der Waals surface area contributed by atoms with Crippen molar-refractivity contribution in [2.24, 2.45) is 0 Å². The maximum absolute atomic E-state index is 13.7. The summed E-state index contributed by atoms with van der Waals surface area (Å²) in [5, 5.41) is 0. The lowest BCUT2D eigenvalue weighted by Gasteiger charge is -2.15. The molecule has 0 N–H and O–H groups in total. The van der Waals surface area contributed by atoms with Crippen molar-refractivity contribution in [3.05, 3.63) is 71.8 Å². The van der Waals surface area contributed by atoms with Crippen LogP contribution in [0.25, 0.3) is 0 Å². The molecule has 0 saturated carbocycles. The molecule has 0 amide bonds. The van der Waals surface area contributed by atoms with Crippen molar-refractivity contribution in [3.63, 3.8) is 0 Å². The SMILES string of the molecule is O=C(OCc1ccccc1)C(F)(F)Cc1ccccc1. The van der Waals surface area contributed by atoms with Crippen molar-refractivity contribution in [1.82, 2.24) is 0 Å². The van der Waals surface area contributed by atoms with Crippen molar-refractivity contribution < 1.29 is 18.3 Å². The molecule has 0 heterocycles. The summed E-state index contributed by atoms with van der Waals surface area (Å²) in [6, 6.07) is 16.9. The van der Waals surface area contributed by atoms with E-state index < -0.39 is 18.3 Å². The van der Waals surface area contributed by atoms with Crippen LogP contribution in [0, 0.1) is 0 Å². The molecule has 2 aromatic carbocycles. The molecule has 4 heteroatoms. The fraction of sp³-hybridized carbons (Fsp3) is 0.188. The maximum Gasteiger partial charge on any atom is 0.377 e. The second-order valence-corrected chi connectivity index (χ2v) is 4.43. The lowest BCUT2D eigenvalue weighted by Crippen LogP contribution is -2.33. The topological polar surface area (TPSA) is 26.3 Å². The molecule has 0 aliphatic heterocycles. The van der Waals surface area contributed by atoms with E-state index in [2.05, 4.69) is 4.74 Å². The quantitative estimate of drug-likeness (QED) is 0.780. The summed E-state index contributed by atoms with van der Waals surface area (Å²) in [6.07, 6.45) is -0.651. The van der Waals surface area contributed by atoms with Gasteiger partial charge in [0.1, 0.15) is 6.61 Å². The number of alkyl halides is 2. The molecule has 0 bridgehead atoms. The van der Waals surface area contributed by atoms with E-state index in [0.717, 1.165) is 0 Å². The second-order valence-electron chi connectivity index (χ2n) is 4.43. The highest BCUT2D eigenvalue weighted by molar-refractivity contribution is 5.78. The first-order valence-electron chi connectivity index (χ1n) is 6.21. The van der Waals surface area contributed by atoms with Crippen LogP contribution < -0.4 is 0 Å². The zero-order valence-electron chi connectivity index (χ0n) is 10.8. The average Bonchev–Trinajstić information content (AvgIpc) is 2.46. The molecule has 0 spiro atoms. The molecule has 0 unspecified atom stereocenters. The van der Waals surface area contributed by atoms with E-state index in [-0.39, 0.29) is 6.61 Å².